The van der Waals surface area contributed by atoms with Crippen molar-refractivity contribution >= 4 is 11.9 Å². The highest BCUT2D eigenvalue weighted by Gasteiger charge is 2.24. The Balaban J connectivity index is 0.961. The number of carbonyl (C=O) groups is 2. The second kappa shape index (κ2) is 18.0. The highest BCUT2D eigenvalue weighted by Crippen LogP contribution is 2.39. The molecule has 0 spiro atoms. The highest BCUT2D eigenvalue weighted by molar-refractivity contribution is 5.91. The summed E-state index contributed by atoms with van der Waals surface area (Å²) in [6.45, 7) is 8.09. The number of ether oxygens (including phenoxy) is 2. The van der Waals surface area contributed by atoms with Crippen molar-refractivity contribution in [3.8, 4) is 22.3 Å². The number of benzene rings is 4. The van der Waals surface area contributed by atoms with Gasteiger partial charge in [0.2, 0.25) is 0 Å². The zero-order valence-corrected chi connectivity index (χ0v) is 31.8. The third-order valence-electron chi connectivity index (χ3n) is 12.0. The van der Waals surface area contributed by atoms with Crippen LogP contribution in [0.5, 0.6) is 0 Å². The minimum absolute atomic E-state index is 0.435. The number of carbonyl (C=O) groups excluding carboxylic acids is 2. The lowest BCUT2D eigenvalue weighted by molar-refractivity contribution is -0.0239. The molecule has 2 unspecified atom stereocenters. The van der Waals surface area contributed by atoms with Crippen molar-refractivity contribution in [1.29, 1.82) is 0 Å². The van der Waals surface area contributed by atoms with Gasteiger partial charge in [-0.05, 0) is 147 Å². The van der Waals surface area contributed by atoms with Gasteiger partial charge in [0.15, 0.2) is 0 Å². The van der Waals surface area contributed by atoms with Crippen LogP contribution in [0.1, 0.15) is 148 Å². The van der Waals surface area contributed by atoms with Crippen LogP contribution < -0.4 is 0 Å². The Morgan fingerprint density at radius 3 is 1.06 bits per heavy atom. The highest BCUT2D eigenvalue weighted by atomic mass is 16.6. The van der Waals surface area contributed by atoms with Gasteiger partial charge in [-0.15, -0.1) is 0 Å². The van der Waals surface area contributed by atoms with Crippen molar-refractivity contribution in [1.82, 2.24) is 0 Å². The summed E-state index contributed by atoms with van der Waals surface area (Å²) in [4.78, 5) is 26.0. The van der Waals surface area contributed by atoms with Gasteiger partial charge in [-0.2, -0.15) is 0 Å². The van der Waals surface area contributed by atoms with Gasteiger partial charge < -0.3 is 9.47 Å². The van der Waals surface area contributed by atoms with E-state index in [4.69, 9.17) is 9.47 Å². The van der Waals surface area contributed by atoms with Crippen molar-refractivity contribution in [3.05, 3.63) is 119 Å². The van der Waals surface area contributed by atoms with Gasteiger partial charge in [0.05, 0.1) is 11.1 Å². The summed E-state index contributed by atoms with van der Waals surface area (Å²) < 4.78 is 11.4. The summed E-state index contributed by atoms with van der Waals surface area (Å²) in [5, 5.41) is 0. The van der Waals surface area contributed by atoms with E-state index in [1.54, 1.807) is 38.1 Å². The fourth-order valence-electron chi connectivity index (χ4n) is 8.54. The summed E-state index contributed by atoms with van der Waals surface area (Å²) in [6, 6.07) is 33.0. The van der Waals surface area contributed by atoms with Gasteiger partial charge in [-0.1, -0.05) is 112 Å². The third kappa shape index (κ3) is 9.62. The molecule has 0 heterocycles. The Kier molecular flexibility index (Phi) is 13.0. The SMILES string of the molecule is CCCC1CCC(c2ccc(-c3ccc(C(=O)OC(C)C(C)OC(=O)c4ccc(-c5ccc(C6CCC(CCC)CC6)cc5)cc4)cc3)cc2)CC1. The fraction of sp³-hybridized carbons (Fsp3) is 0.458. The van der Waals surface area contributed by atoms with E-state index < -0.39 is 24.1 Å². The number of hydrogen-bond donors (Lipinski definition) is 0. The molecule has 2 atom stereocenters. The normalized spacial score (nSPS) is 21.5. The molecule has 0 bridgehead atoms. The molecule has 2 fully saturated rings. The first-order valence-electron chi connectivity index (χ1n) is 20.1. The van der Waals surface area contributed by atoms with E-state index in [1.165, 1.54) is 88.2 Å². The Bertz CT molecular complexity index is 1570. The van der Waals surface area contributed by atoms with Gasteiger partial charge in [0.25, 0.3) is 0 Å². The topological polar surface area (TPSA) is 52.6 Å². The number of rotatable bonds is 13. The molecule has 2 aliphatic rings. The minimum atomic E-state index is -0.611. The predicted molar refractivity (Wildman–Crippen MR) is 213 cm³/mol. The lowest BCUT2D eigenvalue weighted by Crippen LogP contribution is -2.30. The van der Waals surface area contributed by atoms with Crippen molar-refractivity contribution < 1.29 is 19.1 Å². The average Bonchev–Trinajstić information content (AvgIpc) is 3.19. The van der Waals surface area contributed by atoms with Gasteiger partial charge in [0, 0.05) is 0 Å². The summed E-state index contributed by atoms with van der Waals surface area (Å²) in [6.07, 6.45) is 14.7. The van der Waals surface area contributed by atoms with Gasteiger partial charge in [-0.3, -0.25) is 0 Å². The van der Waals surface area contributed by atoms with Crippen molar-refractivity contribution in [2.75, 3.05) is 0 Å². The molecular weight excluding hydrogens is 641 g/mol. The molecule has 52 heavy (non-hydrogen) atoms. The zero-order chi connectivity index (χ0) is 36.5. The van der Waals surface area contributed by atoms with E-state index >= 15 is 0 Å². The molecule has 4 nitrogen and oxygen atoms in total. The maximum Gasteiger partial charge on any atom is 0.338 e. The molecule has 0 saturated heterocycles. The second-order valence-corrected chi connectivity index (χ2v) is 15.6. The van der Waals surface area contributed by atoms with Crippen LogP contribution in [0.2, 0.25) is 0 Å². The van der Waals surface area contributed by atoms with E-state index in [1.807, 2.05) is 24.3 Å². The lowest BCUT2D eigenvalue weighted by atomic mass is 9.77. The molecule has 0 amide bonds. The van der Waals surface area contributed by atoms with Gasteiger partial charge >= 0.3 is 11.9 Å². The van der Waals surface area contributed by atoms with Gasteiger partial charge in [-0.25, -0.2) is 9.59 Å². The van der Waals surface area contributed by atoms with E-state index in [-0.39, 0.29) is 0 Å². The van der Waals surface area contributed by atoms with Crippen LogP contribution in [0.3, 0.4) is 0 Å². The Morgan fingerprint density at radius 1 is 0.481 bits per heavy atom. The molecule has 4 aromatic carbocycles. The third-order valence-corrected chi connectivity index (χ3v) is 12.0. The Labute approximate surface area is 312 Å². The quantitative estimate of drug-likeness (QED) is 0.130. The molecule has 4 aromatic rings. The summed E-state index contributed by atoms with van der Waals surface area (Å²) in [5.74, 6) is 2.29. The standard InChI is InChI=1S/C48H58O4/c1-5-7-35-9-13-37(14-10-35)39-17-21-41(22-18-39)43-25-29-45(30-26-43)47(49)51-33(3)34(4)52-48(50)46-31-27-44(28-32-46)42-23-19-40(20-24-42)38-15-11-36(8-6-2)12-16-38/h17-38H,5-16H2,1-4H3. The predicted octanol–water partition coefficient (Wildman–Crippen LogP) is 13.0. The molecule has 0 radical (unpaired) electrons. The summed E-state index contributed by atoms with van der Waals surface area (Å²) >= 11 is 0. The van der Waals surface area contributed by atoms with Crippen LogP contribution in [0.25, 0.3) is 22.3 Å². The van der Waals surface area contributed by atoms with E-state index in [2.05, 4.69) is 62.4 Å². The largest absolute Gasteiger partial charge is 0.455 e. The van der Waals surface area contributed by atoms with Crippen LogP contribution in [0.15, 0.2) is 97.1 Å². The Morgan fingerprint density at radius 2 is 0.769 bits per heavy atom. The minimum Gasteiger partial charge on any atom is -0.455 e. The average molecular weight is 699 g/mol. The lowest BCUT2D eigenvalue weighted by Gasteiger charge is -2.28. The van der Waals surface area contributed by atoms with Crippen LogP contribution in [0.4, 0.5) is 0 Å². The molecule has 2 saturated carbocycles. The Hall–Kier alpha value is -4.18. The van der Waals surface area contributed by atoms with Crippen LogP contribution in [-0.4, -0.2) is 24.1 Å². The summed E-state index contributed by atoms with van der Waals surface area (Å²) in [5.41, 5.74) is 8.22. The maximum atomic E-state index is 13.0. The van der Waals surface area contributed by atoms with E-state index in [9.17, 15) is 9.59 Å². The van der Waals surface area contributed by atoms with E-state index in [0.29, 0.717) is 23.0 Å². The molecular formula is C48H58O4. The first-order chi connectivity index (χ1) is 25.3. The number of hydrogen-bond acceptors (Lipinski definition) is 4. The maximum absolute atomic E-state index is 13.0. The summed E-state index contributed by atoms with van der Waals surface area (Å²) in [7, 11) is 0. The molecule has 6 rings (SSSR count). The molecule has 274 valence electrons. The molecule has 0 N–H and O–H groups in total. The zero-order valence-electron chi connectivity index (χ0n) is 31.8. The van der Waals surface area contributed by atoms with E-state index in [0.717, 1.165) is 34.1 Å². The molecule has 2 aliphatic carbocycles. The fourth-order valence-corrected chi connectivity index (χ4v) is 8.54. The van der Waals surface area contributed by atoms with Crippen molar-refractivity contribution in [2.24, 2.45) is 11.8 Å². The van der Waals surface area contributed by atoms with Gasteiger partial charge in [0.1, 0.15) is 12.2 Å². The number of esters is 2. The first-order valence-corrected chi connectivity index (χ1v) is 20.1. The second-order valence-electron chi connectivity index (χ2n) is 15.6. The molecule has 4 heteroatoms. The van der Waals surface area contributed by atoms with Crippen molar-refractivity contribution in [2.45, 2.75) is 129 Å². The first kappa shape index (κ1) is 37.6. The van der Waals surface area contributed by atoms with Crippen LogP contribution in [0, 0.1) is 11.8 Å². The van der Waals surface area contributed by atoms with Crippen molar-refractivity contribution in [3.63, 3.8) is 0 Å². The molecule has 0 aromatic heterocycles. The smallest absolute Gasteiger partial charge is 0.338 e. The van der Waals surface area contributed by atoms with Crippen LogP contribution >= 0.6 is 0 Å². The molecule has 0 aliphatic heterocycles. The monoisotopic (exact) mass is 698 g/mol. The van der Waals surface area contributed by atoms with Crippen LogP contribution in [-0.2, 0) is 9.47 Å².